The van der Waals surface area contributed by atoms with Gasteiger partial charge in [0, 0.05) is 12.3 Å². The van der Waals surface area contributed by atoms with Gasteiger partial charge in [0.2, 0.25) is 0 Å². The zero-order chi connectivity index (χ0) is 15.8. The number of hydrogen-bond donors (Lipinski definition) is 0. The molecule has 0 saturated heterocycles. The number of ether oxygens (including phenoxy) is 1. The standard InChI is InChI=1S/C18H22F2O2/c1-11-3-5-14(6-4-11)17-7-12-9-18(17,10-13(12)8-17)22-15(21)16(2,19)20/h3,5,12-13H,4,6-10H2,1-2H3. The topological polar surface area (TPSA) is 26.3 Å². The summed E-state index contributed by atoms with van der Waals surface area (Å²) in [5, 5.41) is 0. The number of hydrogen-bond acceptors (Lipinski definition) is 2. The number of carbonyl (C=O) groups excluding carboxylic acids is 1. The molecule has 0 heterocycles. The molecule has 22 heavy (non-hydrogen) atoms. The van der Waals surface area contributed by atoms with E-state index in [1.807, 2.05) is 0 Å². The Kier molecular flexibility index (Phi) is 2.76. The lowest BCUT2D eigenvalue weighted by Crippen LogP contribution is -2.47. The van der Waals surface area contributed by atoms with Gasteiger partial charge in [-0.25, -0.2) is 4.79 Å². The van der Waals surface area contributed by atoms with Crippen LogP contribution in [0.1, 0.15) is 52.4 Å². The number of esters is 1. The van der Waals surface area contributed by atoms with Gasteiger partial charge in [0.15, 0.2) is 0 Å². The van der Waals surface area contributed by atoms with E-state index in [0.717, 1.165) is 38.5 Å². The van der Waals surface area contributed by atoms with Gasteiger partial charge in [-0.2, -0.15) is 8.78 Å². The van der Waals surface area contributed by atoms with E-state index in [0.29, 0.717) is 18.8 Å². The van der Waals surface area contributed by atoms with Gasteiger partial charge in [-0.1, -0.05) is 23.3 Å². The van der Waals surface area contributed by atoms with Crippen LogP contribution in [-0.2, 0) is 9.53 Å². The van der Waals surface area contributed by atoms with Crippen molar-refractivity contribution in [1.82, 2.24) is 0 Å². The molecule has 5 aliphatic carbocycles. The van der Waals surface area contributed by atoms with E-state index < -0.39 is 17.5 Å². The van der Waals surface area contributed by atoms with Gasteiger partial charge < -0.3 is 4.74 Å². The first kappa shape index (κ1) is 14.4. The molecule has 0 aromatic heterocycles. The molecule has 120 valence electrons. The van der Waals surface area contributed by atoms with Gasteiger partial charge in [-0.15, -0.1) is 0 Å². The van der Waals surface area contributed by atoms with Crippen LogP contribution in [-0.4, -0.2) is 17.5 Å². The lowest BCUT2D eigenvalue weighted by atomic mass is 9.68. The Hall–Kier alpha value is -1.19. The summed E-state index contributed by atoms with van der Waals surface area (Å²) in [6, 6.07) is 0. The fraction of sp³-hybridized carbons (Fsp3) is 0.722. The van der Waals surface area contributed by atoms with Gasteiger partial charge in [0.05, 0.1) is 0 Å². The molecule has 5 rings (SSSR count). The zero-order valence-corrected chi connectivity index (χ0v) is 13.1. The zero-order valence-electron chi connectivity index (χ0n) is 13.1. The second-order valence-electron chi connectivity index (χ2n) is 7.90. The lowest BCUT2D eigenvalue weighted by molar-refractivity contribution is -0.191. The second kappa shape index (κ2) is 4.21. The number of halogens is 2. The third kappa shape index (κ3) is 1.73. The average Bonchev–Trinajstić information content (AvgIpc) is 3.08. The van der Waals surface area contributed by atoms with Gasteiger partial charge >= 0.3 is 11.9 Å². The SMILES string of the molecule is CC1=CC=C(C23CC4CC2(OC(=O)C(C)(F)F)CC4C3)CC1. The summed E-state index contributed by atoms with van der Waals surface area (Å²) in [5.74, 6) is -3.65. The van der Waals surface area contributed by atoms with E-state index in [9.17, 15) is 13.6 Å². The minimum atomic E-state index is -3.40. The smallest absolute Gasteiger partial charge is 0.377 e. The molecule has 0 radical (unpaired) electrons. The van der Waals surface area contributed by atoms with Gasteiger partial charge in [-0.3, -0.25) is 0 Å². The van der Waals surface area contributed by atoms with E-state index in [4.69, 9.17) is 4.74 Å². The van der Waals surface area contributed by atoms with Crippen LogP contribution < -0.4 is 0 Å². The Morgan fingerprint density at radius 2 is 1.82 bits per heavy atom. The first-order chi connectivity index (χ1) is 10.3. The van der Waals surface area contributed by atoms with Gasteiger partial charge in [-0.05, 0) is 57.3 Å². The first-order valence-electron chi connectivity index (χ1n) is 8.24. The molecule has 2 nitrogen and oxygen atoms in total. The Morgan fingerprint density at radius 1 is 1.18 bits per heavy atom. The summed E-state index contributed by atoms with van der Waals surface area (Å²) < 4.78 is 32.2. The van der Waals surface area contributed by atoms with Crippen LogP contribution in [0.25, 0.3) is 0 Å². The molecule has 4 saturated carbocycles. The summed E-state index contributed by atoms with van der Waals surface area (Å²) in [7, 11) is 0. The number of allylic oxidation sites excluding steroid dienone is 3. The normalized spacial score (nSPS) is 42.5. The van der Waals surface area contributed by atoms with Crippen LogP contribution in [0.3, 0.4) is 0 Å². The number of rotatable bonds is 3. The monoisotopic (exact) mass is 308 g/mol. The van der Waals surface area contributed by atoms with Crippen LogP contribution in [0.5, 0.6) is 0 Å². The molecule has 0 N–H and O–H groups in total. The minimum absolute atomic E-state index is 0.166. The molecule has 5 aliphatic rings. The summed E-state index contributed by atoms with van der Waals surface area (Å²) in [5.41, 5.74) is 1.85. The molecule has 0 aromatic carbocycles. The largest absolute Gasteiger partial charge is 0.454 e. The van der Waals surface area contributed by atoms with Crippen molar-refractivity contribution in [2.75, 3.05) is 0 Å². The molecule has 4 bridgehead atoms. The van der Waals surface area contributed by atoms with Crippen LogP contribution in [0.2, 0.25) is 0 Å². The quantitative estimate of drug-likeness (QED) is 0.722. The Morgan fingerprint density at radius 3 is 2.32 bits per heavy atom. The van der Waals surface area contributed by atoms with Crippen molar-refractivity contribution in [3.8, 4) is 0 Å². The molecular weight excluding hydrogens is 286 g/mol. The Balaban J connectivity index is 1.69. The Labute approximate surface area is 129 Å². The van der Waals surface area contributed by atoms with Crippen molar-refractivity contribution in [2.24, 2.45) is 17.3 Å². The molecule has 0 amide bonds. The molecule has 4 heteroatoms. The van der Waals surface area contributed by atoms with Crippen LogP contribution in [0.15, 0.2) is 23.3 Å². The van der Waals surface area contributed by atoms with E-state index in [2.05, 4.69) is 19.1 Å². The number of alkyl halides is 2. The van der Waals surface area contributed by atoms with Gasteiger partial charge in [0.1, 0.15) is 5.60 Å². The minimum Gasteiger partial charge on any atom is -0.454 e. The predicted octanol–water partition coefficient (Wildman–Crippen LogP) is 4.41. The molecule has 4 fully saturated rings. The summed E-state index contributed by atoms with van der Waals surface area (Å²) in [6.07, 6.45) is 9.89. The van der Waals surface area contributed by atoms with E-state index in [-0.39, 0.29) is 5.41 Å². The van der Waals surface area contributed by atoms with E-state index in [1.165, 1.54) is 11.1 Å². The molecule has 2 atom stereocenters. The van der Waals surface area contributed by atoms with Crippen molar-refractivity contribution in [1.29, 1.82) is 0 Å². The van der Waals surface area contributed by atoms with Gasteiger partial charge in [0.25, 0.3) is 0 Å². The first-order valence-corrected chi connectivity index (χ1v) is 8.24. The van der Waals surface area contributed by atoms with Crippen molar-refractivity contribution in [3.05, 3.63) is 23.3 Å². The molecule has 0 aliphatic heterocycles. The highest BCUT2D eigenvalue weighted by Crippen LogP contribution is 2.76. The highest BCUT2D eigenvalue weighted by atomic mass is 19.3. The maximum Gasteiger partial charge on any atom is 0.377 e. The summed E-state index contributed by atoms with van der Waals surface area (Å²) in [4.78, 5) is 11.8. The van der Waals surface area contributed by atoms with E-state index in [1.54, 1.807) is 0 Å². The fourth-order valence-electron chi connectivity index (χ4n) is 5.63. The molecule has 0 aromatic rings. The third-order valence-corrected chi connectivity index (χ3v) is 6.56. The van der Waals surface area contributed by atoms with Crippen LogP contribution in [0, 0.1) is 17.3 Å². The molecular formula is C18H22F2O2. The fourth-order valence-corrected chi connectivity index (χ4v) is 5.63. The highest BCUT2D eigenvalue weighted by molar-refractivity contribution is 5.77. The third-order valence-electron chi connectivity index (χ3n) is 6.56. The van der Waals surface area contributed by atoms with Crippen molar-refractivity contribution >= 4 is 5.97 Å². The summed E-state index contributed by atoms with van der Waals surface area (Å²) in [6.45, 7) is 2.75. The predicted molar refractivity (Wildman–Crippen MR) is 78.4 cm³/mol. The highest BCUT2D eigenvalue weighted by Gasteiger charge is 2.75. The van der Waals surface area contributed by atoms with Crippen molar-refractivity contribution < 1.29 is 18.3 Å². The summed E-state index contributed by atoms with van der Waals surface area (Å²) >= 11 is 0. The maximum atomic E-state index is 13.3. The van der Waals surface area contributed by atoms with Crippen molar-refractivity contribution in [3.63, 3.8) is 0 Å². The maximum absolute atomic E-state index is 13.3. The van der Waals surface area contributed by atoms with Crippen molar-refractivity contribution in [2.45, 2.75) is 63.9 Å². The molecule has 2 unspecified atom stereocenters. The van der Waals surface area contributed by atoms with E-state index >= 15 is 0 Å². The Bertz CT molecular complexity index is 583. The second-order valence-corrected chi connectivity index (χ2v) is 7.90. The molecule has 0 spiro atoms. The number of carbonyl (C=O) groups is 1. The average molecular weight is 308 g/mol. The van der Waals surface area contributed by atoms with Crippen LogP contribution in [0.4, 0.5) is 8.78 Å². The lowest BCUT2D eigenvalue weighted by Gasteiger charge is -2.43. The van der Waals surface area contributed by atoms with Crippen LogP contribution >= 0.6 is 0 Å².